The first-order valence-corrected chi connectivity index (χ1v) is 10.1. The molecule has 2 N–H and O–H groups in total. The third kappa shape index (κ3) is 4.89. The van der Waals surface area contributed by atoms with Crippen molar-refractivity contribution in [3.63, 3.8) is 0 Å². The van der Waals surface area contributed by atoms with Gasteiger partial charge < -0.3 is 19.8 Å². The number of rotatable bonds is 7. The van der Waals surface area contributed by atoms with E-state index < -0.39 is 0 Å². The van der Waals surface area contributed by atoms with Gasteiger partial charge >= 0.3 is 0 Å². The zero-order valence-electron chi connectivity index (χ0n) is 16.6. The molecule has 0 radical (unpaired) electrons. The molecule has 0 aliphatic heterocycles. The second kappa shape index (κ2) is 9.31. The predicted molar refractivity (Wildman–Crippen MR) is 114 cm³/mol. The summed E-state index contributed by atoms with van der Waals surface area (Å²) in [5.74, 6) is 0.732. The smallest absolute Gasteiger partial charge is 0.262 e. The van der Waals surface area contributed by atoms with Crippen molar-refractivity contribution in [1.29, 1.82) is 0 Å². The molecule has 6 nitrogen and oxygen atoms in total. The van der Waals surface area contributed by atoms with Gasteiger partial charge in [0.1, 0.15) is 11.5 Å². The highest BCUT2D eigenvalue weighted by Gasteiger charge is 2.14. The minimum atomic E-state index is -0.320. The molecular formula is C24H24N2O4. The third-order valence-corrected chi connectivity index (χ3v) is 5.14. The fraction of sp³-hybridized carbons (Fsp3) is 0.250. The quantitative estimate of drug-likeness (QED) is 0.621. The molecule has 4 rings (SSSR count). The number of nitrogens with one attached hydrogen (secondary N) is 2. The van der Waals surface area contributed by atoms with E-state index in [0.717, 1.165) is 12.8 Å². The summed E-state index contributed by atoms with van der Waals surface area (Å²) < 4.78 is 10.9. The van der Waals surface area contributed by atoms with E-state index in [2.05, 4.69) is 16.7 Å². The first-order chi connectivity index (χ1) is 14.7. The van der Waals surface area contributed by atoms with Gasteiger partial charge in [0, 0.05) is 0 Å². The van der Waals surface area contributed by atoms with Gasteiger partial charge in [-0.05, 0) is 73.2 Å². The predicted octanol–water partition coefficient (Wildman–Crippen LogP) is 4.11. The van der Waals surface area contributed by atoms with Gasteiger partial charge in [0.25, 0.3) is 11.8 Å². The molecule has 0 spiro atoms. The molecule has 0 atom stereocenters. The number of aryl methyl sites for hydroxylation is 2. The van der Waals surface area contributed by atoms with Crippen LogP contribution < -0.4 is 15.4 Å². The summed E-state index contributed by atoms with van der Waals surface area (Å²) in [5.41, 5.74) is 3.49. The topological polar surface area (TPSA) is 80.6 Å². The number of hydrogen-bond acceptors (Lipinski definition) is 4. The fourth-order valence-corrected chi connectivity index (χ4v) is 3.60. The molecule has 1 aliphatic carbocycles. The molecule has 154 valence electrons. The Morgan fingerprint density at radius 3 is 2.63 bits per heavy atom. The van der Waals surface area contributed by atoms with Gasteiger partial charge in [0.15, 0.2) is 6.61 Å². The minimum absolute atomic E-state index is 0.124. The number of para-hydroxylation sites is 1. The minimum Gasteiger partial charge on any atom is -0.484 e. The van der Waals surface area contributed by atoms with Crippen molar-refractivity contribution >= 4 is 17.5 Å². The maximum Gasteiger partial charge on any atom is 0.262 e. The number of carbonyl (C=O) groups excluding carboxylic acids is 2. The van der Waals surface area contributed by atoms with Gasteiger partial charge in [-0.25, -0.2) is 0 Å². The largest absolute Gasteiger partial charge is 0.484 e. The van der Waals surface area contributed by atoms with Gasteiger partial charge in [0.2, 0.25) is 0 Å². The van der Waals surface area contributed by atoms with Crippen LogP contribution in [0.3, 0.4) is 0 Å². The van der Waals surface area contributed by atoms with Crippen LogP contribution in [0.4, 0.5) is 5.69 Å². The third-order valence-electron chi connectivity index (χ3n) is 5.14. The van der Waals surface area contributed by atoms with Gasteiger partial charge in [-0.3, -0.25) is 9.59 Å². The van der Waals surface area contributed by atoms with E-state index in [0.29, 0.717) is 22.8 Å². The van der Waals surface area contributed by atoms with Crippen LogP contribution >= 0.6 is 0 Å². The number of hydrogen-bond donors (Lipinski definition) is 2. The standard InChI is InChI=1S/C24H24N2O4/c27-23(16-30-19-12-11-17-6-1-2-7-18(17)14-19)26-22-10-4-3-9-21(22)24(28)25-15-20-8-5-13-29-20/h3-5,8-14H,1-2,6-7,15-16H2,(H,25,28)(H,26,27). The molecule has 0 bridgehead atoms. The van der Waals surface area contributed by atoms with Crippen molar-refractivity contribution in [3.05, 3.63) is 83.3 Å². The van der Waals surface area contributed by atoms with Crippen molar-refractivity contribution in [2.75, 3.05) is 11.9 Å². The highest BCUT2D eigenvalue weighted by atomic mass is 16.5. The molecule has 1 aromatic heterocycles. The molecule has 1 heterocycles. The number of amides is 2. The van der Waals surface area contributed by atoms with E-state index in [1.54, 1.807) is 42.7 Å². The van der Waals surface area contributed by atoms with Crippen LogP contribution in [0.15, 0.2) is 65.3 Å². The van der Waals surface area contributed by atoms with Crippen LogP contribution in [-0.2, 0) is 24.2 Å². The van der Waals surface area contributed by atoms with Crippen molar-refractivity contribution in [3.8, 4) is 5.75 Å². The molecule has 0 saturated heterocycles. The van der Waals surface area contributed by atoms with Crippen molar-refractivity contribution in [1.82, 2.24) is 5.32 Å². The molecule has 1 aliphatic rings. The number of anilines is 1. The van der Waals surface area contributed by atoms with Crippen LogP contribution in [0.1, 0.15) is 40.1 Å². The molecule has 30 heavy (non-hydrogen) atoms. The molecule has 0 fully saturated rings. The second-order valence-electron chi connectivity index (χ2n) is 7.28. The van der Waals surface area contributed by atoms with E-state index in [4.69, 9.17) is 9.15 Å². The van der Waals surface area contributed by atoms with Crippen LogP contribution in [0.5, 0.6) is 5.75 Å². The summed E-state index contributed by atoms with van der Waals surface area (Å²) in [6, 6.07) is 16.4. The molecule has 0 unspecified atom stereocenters. The lowest BCUT2D eigenvalue weighted by atomic mass is 9.92. The zero-order chi connectivity index (χ0) is 20.8. The maximum absolute atomic E-state index is 12.5. The molecule has 6 heteroatoms. The average molecular weight is 404 g/mol. The molecule has 3 aromatic rings. The Morgan fingerprint density at radius 2 is 1.80 bits per heavy atom. The number of carbonyl (C=O) groups is 2. The molecular weight excluding hydrogens is 380 g/mol. The van der Waals surface area contributed by atoms with Crippen LogP contribution in [-0.4, -0.2) is 18.4 Å². The number of fused-ring (bicyclic) bond motifs is 1. The Balaban J connectivity index is 1.34. The van der Waals surface area contributed by atoms with E-state index in [9.17, 15) is 9.59 Å². The van der Waals surface area contributed by atoms with E-state index >= 15 is 0 Å². The lowest BCUT2D eigenvalue weighted by Gasteiger charge is -2.17. The van der Waals surface area contributed by atoms with Gasteiger partial charge in [-0.15, -0.1) is 0 Å². The van der Waals surface area contributed by atoms with E-state index in [-0.39, 0.29) is 25.0 Å². The summed E-state index contributed by atoms with van der Waals surface area (Å²) in [6.07, 6.45) is 6.13. The Kier molecular flexibility index (Phi) is 6.13. The number of ether oxygens (including phenoxy) is 1. The summed E-state index contributed by atoms with van der Waals surface area (Å²) >= 11 is 0. The second-order valence-corrected chi connectivity index (χ2v) is 7.28. The number of furan rings is 1. The van der Waals surface area contributed by atoms with Gasteiger partial charge in [0.05, 0.1) is 24.1 Å². The lowest BCUT2D eigenvalue weighted by molar-refractivity contribution is -0.118. The Bertz CT molecular complexity index is 1030. The van der Waals surface area contributed by atoms with Crippen LogP contribution in [0, 0.1) is 0 Å². The first kappa shape index (κ1) is 19.8. The highest BCUT2D eigenvalue weighted by Crippen LogP contribution is 2.25. The van der Waals surface area contributed by atoms with Crippen LogP contribution in [0.25, 0.3) is 0 Å². The SMILES string of the molecule is O=C(COc1ccc2c(c1)CCCC2)Nc1ccccc1C(=O)NCc1ccco1. The fourth-order valence-electron chi connectivity index (χ4n) is 3.60. The van der Waals surface area contributed by atoms with Crippen molar-refractivity contribution in [2.45, 2.75) is 32.2 Å². The summed E-state index contributed by atoms with van der Waals surface area (Å²) in [5, 5.41) is 5.56. The number of benzene rings is 2. The molecule has 0 saturated carbocycles. The highest BCUT2D eigenvalue weighted by molar-refractivity contribution is 6.04. The zero-order valence-corrected chi connectivity index (χ0v) is 16.6. The Hall–Kier alpha value is -3.54. The van der Waals surface area contributed by atoms with Gasteiger partial charge in [-0.1, -0.05) is 18.2 Å². The summed E-state index contributed by atoms with van der Waals surface area (Å²) in [6.45, 7) is 0.149. The normalized spacial score (nSPS) is 12.7. The van der Waals surface area contributed by atoms with Crippen LogP contribution in [0.2, 0.25) is 0 Å². The maximum atomic E-state index is 12.5. The van der Waals surface area contributed by atoms with E-state index in [1.165, 1.54) is 24.0 Å². The lowest BCUT2D eigenvalue weighted by Crippen LogP contribution is -2.26. The summed E-state index contributed by atoms with van der Waals surface area (Å²) in [4.78, 5) is 24.9. The molecule has 2 aromatic carbocycles. The summed E-state index contributed by atoms with van der Waals surface area (Å²) in [7, 11) is 0. The average Bonchev–Trinajstić information content (AvgIpc) is 3.30. The monoisotopic (exact) mass is 404 g/mol. The molecule has 2 amide bonds. The van der Waals surface area contributed by atoms with Crippen molar-refractivity contribution in [2.24, 2.45) is 0 Å². The Morgan fingerprint density at radius 1 is 0.967 bits per heavy atom. The Labute approximate surface area is 175 Å². The van der Waals surface area contributed by atoms with E-state index in [1.807, 2.05) is 12.1 Å². The van der Waals surface area contributed by atoms with Gasteiger partial charge in [-0.2, -0.15) is 0 Å². The first-order valence-electron chi connectivity index (χ1n) is 10.1. The van der Waals surface area contributed by atoms with Crippen molar-refractivity contribution < 1.29 is 18.7 Å².